The Morgan fingerprint density at radius 2 is 1.67 bits per heavy atom. The molecule has 0 amide bonds. The van der Waals surface area contributed by atoms with E-state index >= 15 is 0 Å². The van der Waals surface area contributed by atoms with Crippen LogP contribution in [-0.4, -0.2) is 72.0 Å². The van der Waals surface area contributed by atoms with Gasteiger partial charge in [0.2, 0.25) is 6.54 Å². The Bertz CT molecular complexity index is 1230. The van der Waals surface area contributed by atoms with E-state index in [2.05, 4.69) is 0 Å². The van der Waals surface area contributed by atoms with Crippen LogP contribution in [-0.2, 0) is 45.0 Å². The van der Waals surface area contributed by atoms with Crippen LogP contribution in [0.3, 0.4) is 0 Å². The Labute approximate surface area is 210 Å². The normalized spacial score (nSPS) is 24.9. The van der Waals surface area contributed by atoms with Crippen LogP contribution >= 0.6 is 0 Å². The van der Waals surface area contributed by atoms with Crippen LogP contribution in [0.15, 0.2) is 59.5 Å². The molecule has 0 spiro atoms. The van der Waals surface area contributed by atoms with Crippen LogP contribution in [0, 0.1) is 23.0 Å². The molecule has 1 aliphatic rings. The number of sulfone groups is 1. The van der Waals surface area contributed by atoms with Crippen molar-refractivity contribution in [2.24, 2.45) is 5.92 Å². The number of methoxy groups -OCH3 is 1. The van der Waals surface area contributed by atoms with Gasteiger partial charge in [0.05, 0.1) is 30.3 Å². The zero-order chi connectivity index (χ0) is 26.5. The fourth-order valence-electron chi connectivity index (χ4n) is 4.17. The maximum Gasteiger partial charge on any atom is 0.264 e. The van der Waals surface area contributed by atoms with Crippen molar-refractivity contribution in [2.75, 3.05) is 26.5 Å². The van der Waals surface area contributed by atoms with Gasteiger partial charge in [-0.25, -0.2) is 8.42 Å². The molecule has 36 heavy (non-hydrogen) atoms. The van der Waals surface area contributed by atoms with E-state index in [1.807, 2.05) is 6.07 Å². The fourth-order valence-corrected chi connectivity index (χ4v) is 6.62. The highest BCUT2D eigenvalue weighted by molar-refractivity contribution is 7.92. The first kappa shape index (κ1) is 28.2. The van der Waals surface area contributed by atoms with Gasteiger partial charge in [0.15, 0.2) is 16.1 Å². The van der Waals surface area contributed by atoms with Crippen molar-refractivity contribution in [1.82, 2.24) is 0 Å². The SMILES string of the molecule is CO[C@H]1O[C@H](COS(C)(=O)=O)[C@@H](S(=O)(=O)c2ccc(C)cc2)[C@H](C[N+](=O)[O-])[C@H]1OCc1ccccc1. The van der Waals surface area contributed by atoms with Gasteiger partial charge in [-0.05, 0) is 24.6 Å². The van der Waals surface area contributed by atoms with Crippen molar-refractivity contribution in [3.8, 4) is 0 Å². The Kier molecular flexibility index (Phi) is 9.19. The lowest BCUT2D eigenvalue weighted by molar-refractivity contribution is -0.495. The van der Waals surface area contributed by atoms with Crippen LogP contribution in [0.2, 0.25) is 0 Å². The topological polar surface area (TPSA) is 148 Å². The van der Waals surface area contributed by atoms with Crippen LogP contribution in [0.25, 0.3) is 0 Å². The molecule has 1 heterocycles. The van der Waals surface area contributed by atoms with Crippen molar-refractivity contribution >= 4 is 20.0 Å². The summed E-state index contributed by atoms with van der Waals surface area (Å²) < 4.78 is 73.1. The molecule has 5 atom stereocenters. The maximum atomic E-state index is 13.8. The molecular formula is C23H29NO10S2. The fraction of sp³-hybridized carbons (Fsp3) is 0.478. The minimum Gasteiger partial charge on any atom is -0.368 e. The molecule has 0 N–H and O–H groups in total. The molecule has 11 nitrogen and oxygen atoms in total. The first-order valence-corrected chi connectivity index (χ1v) is 14.4. The molecule has 0 aliphatic carbocycles. The number of nitrogens with zero attached hydrogens (tertiary/aromatic N) is 1. The molecule has 198 valence electrons. The minimum absolute atomic E-state index is 0.0186. The van der Waals surface area contributed by atoms with Gasteiger partial charge in [-0.15, -0.1) is 0 Å². The number of ether oxygens (including phenoxy) is 3. The van der Waals surface area contributed by atoms with Crippen LogP contribution < -0.4 is 0 Å². The molecule has 2 aromatic rings. The quantitative estimate of drug-likeness (QED) is 0.234. The maximum absolute atomic E-state index is 13.8. The van der Waals surface area contributed by atoms with E-state index in [1.165, 1.54) is 19.2 Å². The second-order valence-corrected chi connectivity index (χ2v) is 12.3. The Morgan fingerprint density at radius 3 is 2.22 bits per heavy atom. The monoisotopic (exact) mass is 543 g/mol. The Balaban J connectivity index is 2.07. The third-order valence-corrected chi connectivity index (χ3v) is 8.68. The number of rotatable bonds is 11. The lowest BCUT2D eigenvalue weighted by atomic mass is 9.91. The van der Waals surface area contributed by atoms with Gasteiger partial charge < -0.3 is 14.2 Å². The van der Waals surface area contributed by atoms with Gasteiger partial charge in [-0.3, -0.25) is 14.3 Å². The molecule has 0 bridgehead atoms. The zero-order valence-corrected chi connectivity index (χ0v) is 21.7. The number of benzene rings is 2. The van der Waals surface area contributed by atoms with Gasteiger partial charge in [0.25, 0.3) is 10.1 Å². The summed E-state index contributed by atoms with van der Waals surface area (Å²) in [7, 11) is -6.96. The number of hydrogen-bond donors (Lipinski definition) is 0. The van der Waals surface area contributed by atoms with Gasteiger partial charge in [0, 0.05) is 12.0 Å². The highest BCUT2D eigenvalue weighted by atomic mass is 32.2. The Hall–Kier alpha value is -2.42. The van der Waals surface area contributed by atoms with Gasteiger partial charge in [0.1, 0.15) is 17.5 Å². The lowest BCUT2D eigenvalue weighted by Gasteiger charge is -2.44. The first-order chi connectivity index (χ1) is 16.9. The molecule has 1 saturated heterocycles. The molecule has 1 fully saturated rings. The summed E-state index contributed by atoms with van der Waals surface area (Å²) in [6.45, 7) is 0.349. The van der Waals surface area contributed by atoms with Gasteiger partial charge in [-0.2, -0.15) is 8.42 Å². The summed E-state index contributed by atoms with van der Waals surface area (Å²) in [5.74, 6) is -1.25. The first-order valence-electron chi connectivity index (χ1n) is 11.0. The molecule has 13 heteroatoms. The van der Waals surface area contributed by atoms with E-state index in [9.17, 15) is 26.9 Å². The van der Waals surface area contributed by atoms with E-state index in [1.54, 1.807) is 43.3 Å². The molecule has 0 radical (unpaired) electrons. The van der Waals surface area contributed by atoms with Crippen molar-refractivity contribution in [3.63, 3.8) is 0 Å². The molecule has 3 rings (SSSR count). The van der Waals surface area contributed by atoms with Crippen LogP contribution in [0.1, 0.15) is 11.1 Å². The van der Waals surface area contributed by atoms with E-state index in [-0.39, 0.29) is 11.5 Å². The van der Waals surface area contributed by atoms with Crippen molar-refractivity contribution in [3.05, 3.63) is 75.8 Å². The van der Waals surface area contributed by atoms with E-state index in [0.717, 1.165) is 17.4 Å². The molecule has 1 aliphatic heterocycles. The van der Waals surface area contributed by atoms with Crippen molar-refractivity contribution < 1.29 is 40.2 Å². The molecule has 2 aromatic carbocycles. The van der Waals surface area contributed by atoms with Crippen LogP contribution in [0.5, 0.6) is 0 Å². The summed E-state index contributed by atoms with van der Waals surface area (Å²) in [5, 5.41) is 10.2. The van der Waals surface area contributed by atoms with E-state index in [4.69, 9.17) is 18.4 Å². The summed E-state index contributed by atoms with van der Waals surface area (Å²) in [5.41, 5.74) is 1.57. The predicted molar refractivity (Wildman–Crippen MR) is 129 cm³/mol. The molecule has 0 saturated carbocycles. The highest BCUT2D eigenvalue weighted by Gasteiger charge is 2.55. The van der Waals surface area contributed by atoms with Gasteiger partial charge >= 0.3 is 0 Å². The standard InChI is InChI=1S/C23H29NO10S2/c1-16-9-11-18(12-10-16)36(29,30)22-19(13-24(25)26)21(32-14-17-7-5-4-6-8-17)23(31-2)34-20(22)15-33-35(3,27)28/h4-12,19-23H,13-15H2,1-3H3/t19-,20-,21-,22+,23+/m1/s1. The molecular weight excluding hydrogens is 514 g/mol. The predicted octanol–water partition coefficient (Wildman–Crippen LogP) is 1.96. The molecule has 0 aromatic heterocycles. The van der Waals surface area contributed by atoms with E-state index < -0.39 is 67.7 Å². The van der Waals surface area contributed by atoms with Crippen LogP contribution in [0.4, 0.5) is 0 Å². The Morgan fingerprint density at radius 1 is 1.03 bits per heavy atom. The third-order valence-electron chi connectivity index (χ3n) is 5.82. The molecule has 0 unspecified atom stereocenters. The largest absolute Gasteiger partial charge is 0.368 e. The summed E-state index contributed by atoms with van der Waals surface area (Å²) >= 11 is 0. The average molecular weight is 544 g/mol. The van der Waals surface area contributed by atoms with Gasteiger partial charge in [-0.1, -0.05) is 48.0 Å². The van der Waals surface area contributed by atoms with Crippen molar-refractivity contribution in [1.29, 1.82) is 0 Å². The zero-order valence-electron chi connectivity index (χ0n) is 20.1. The second-order valence-electron chi connectivity index (χ2n) is 8.53. The smallest absolute Gasteiger partial charge is 0.264 e. The van der Waals surface area contributed by atoms with Crippen molar-refractivity contribution in [2.45, 2.75) is 42.2 Å². The second kappa shape index (κ2) is 11.8. The summed E-state index contributed by atoms with van der Waals surface area (Å²) in [6.07, 6.45) is -2.94. The number of hydrogen-bond acceptors (Lipinski definition) is 10. The summed E-state index contributed by atoms with van der Waals surface area (Å²) in [6, 6.07) is 15.0. The van der Waals surface area contributed by atoms with E-state index in [0.29, 0.717) is 0 Å². The summed E-state index contributed by atoms with van der Waals surface area (Å²) in [4.78, 5) is 11.0. The lowest BCUT2D eigenvalue weighted by Crippen LogP contribution is -2.61. The average Bonchev–Trinajstić information content (AvgIpc) is 2.81. The minimum atomic E-state index is -4.28. The number of nitro groups is 1. The highest BCUT2D eigenvalue weighted by Crippen LogP contribution is 2.37. The number of aryl methyl sites for hydroxylation is 1. The third kappa shape index (κ3) is 7.08.